The Morgan fingerprint density at radius 2 is 2.24 bits per heavy atom. The second-order valence-corrected chi connectivity index (χ2v) is 4.95. The van der Waals surface area contributed by atoms with Crippen LogP contribution in [0.3, 0.4) is 0 Å². The summed E-state index contributed by atoms with van der Waals surface area (Å²) in [5.41, 5.74) is 5.32. The number of fused-ring (bicyclic) bond motifs is 1. The van der Waals surface area contributed by atoms with Crippen molar-refractivity contribution in [2.45, 2.75) is 18.9 Å². The molecule has 1 fully saturated rings. The van der Waals surface area contributed by atoms with Gasteiger partial charge in [-0.05, 0) is 25.0 Å². The fourth-order valence-electron chi connectivity index (χ4n) is 2.73. The zero-order chi connectivity index (χ0) is 15.0. The van der Waals surface area contributed by atoms with E-state index in [4.69, 9.17) is 5.73 Å². The van der Waals surface area contributed by atoms with E-state index in [1.165, 1.54) is 4.40 Å². The highest BCUT2D eigenvalue weighted by molar-refractivity contribution is 5.88. The first kappa shape index (κ1) is 13.3. The summed E-state index contributed by atoms with van der Waals surface area (Å²) in [6, 6.07) is 4.59. The van der Waals surface area contributed by atoms with E-state index in [0.29, 0.717) is 24.9 Å². The van der Waals surface area contributed by atoms with Crippen molar-refractivity contribution in [1.29, 1.82) is 0 Å². The Kier molecular flexibility index (Phi) is 3.17. The number of nitrogens with two attached hydrogens (primary N) is 1. The van der Waals surface area contributed by atoms with Crippen LogP contribution in [0, 0.1) is 0 Å². The quantitative estimate of drug-likeness (QED) is 0.798. The van der Waals surface area contributed by atoms with Crippen molar-refractivity contribution in [2.75, 3.05) is 11.4 Å². The number of aldehydes is 1. The van der Waals surface area contributed by atoms with Gasteiger partial charge < -0.3 is 10.6 Å². The summed E-state index contributed by atoms with van der Waals surface area (Å²) in [6.07, 6.45) is 3.41. The number of carbonyl (C=O) groups is 2. The normalized spacial score (nSPS) is 18.1. The molecule has 108 valence electrons. The van der Waals surface area contributed by atoms with Crippen LogP contribution in [0.2, 0.25) is 0 Å². The summed E-state index contributed by atoms with van der Waals surface area (Å²) < 4.78 is 1.31. The smallest absolute Gasteiger partial charge is 0.270 e. The Morgan fingerprint density at radius 1 is 1.43 bits per heavy atom. The minimum absolute atomic E-state index is 0.0492. The molecule has 1 saturated heterocycles. The molecule has 0 spiro atoms. The lowest BCUT2D eigenvalue weighted by Gasteiger charge is -2.24. The van der Waals surface area contributed by atoms with Crippen LogP contribution in [-0.4, -0.2) is 34.2 Å². The Morgan fingerprint density at radius 3 is 2.95 bits per heavy atom. The van der Waals surface area contributed by atoms with Gasteiger partial charge in [-0.15, -0.1) is 0 Å². The molecule has 1 aliphatic heterocycles. The molecule has 0 radical (unpaired) electrons. The molecular formula is C14H14N4O3. The maximum Gasteiger partial charge on any atom is 0.270 e. The van der Waals surface area contributed by atoms with Crippen LogP contribution in [0.4, 0.5) is 5.82 Å². The number of anilines is 1. The van der Waals surface area contributed by atoms with Gasteiger partial charge in [0.2, 0.25) is 5.91 Å². The summed E-state index contributed by atoms with van der Waals surface area (Å²) in [5, 5.41) is 0. The van der Waals surface area contributed by atoms with E-state index >= 15 is 0 Å². The average molecular weight is 286 g/mol. The molecule has 7 heteroatoms. The Hall–Kier alpha value is -2.70. The summed E-state index contributed by atoms with van der Waals surface area (Å²) in [6.45, 7) is 0.546. The summed E-state index contributed by atoms with van der Waals surface area (Å²) in [7, 11) is 0. The Bertz CT molecular complexity index is 783. The number of hydrogen-bond acceptors (Lipinski definition) is 5. The molecule has 1 aliphatic rings. The lowest BCUT2D eigenvalue weighted by molar-refractivity contribution is -0.119. The van der Waals surface area contributed by atoms with Gasteiger partial charge in [-0.2, -0.15) is 0 Å². The predicted octanol–water partition coefficient (Wildman–Crippen LogP) is -0.0389. The van der Waals surface area contributed by atoms with E-state index in [-0.39, 0.29) is 11.4 Å². The molecule has 2 aromatic heterocycles. The molecule has 7 nitrogen and oxygen atoms in total. The summed E-state index contributed by atoms with van der Waals surface area (Å²) >= 11 is 0. The van der Waals surface area contributed by atoms with Gasteiger partial charge in [-0.25, -0.2) is 4.98 Å². The van der Waals surface area contributed by atoms with Gasteiger partial charge in [-0.1, -0.05) is 6.07 Å². The van der Waals surface area contributed by atoms with Crippen molar-refractivity contribution in [3.63, 3.8) is 0 Å². The molecule has 21 heavy (non-hydrogen) atoms. The number of primary amides is 1. The van der Waals surface area contributed by atoms with E-state index in [1.54, 1.807) is 29.3 Å². The molecule has 3 rings (SSSR count). The van der Waals surface area contributed by atoms with Crippen molar-refractivity contribution >= 4 is 23.7 Å². The second kappa shape index (κ2) is 5.01. The van der Waals surface area contributed by atoms with Crippen LogP contribution in [-0.2, 0) is 4.79 Å². The standard InChI is InChI=1S/C14H14N4O3/c15-12(20)10-4-3-7-17(10)13-9(8-19)14(21)18-6-2-1-5-11(18)16-13/h1-2,5-6,8,10H,3-4,7H2,(H2,15,20)/t10-/m0/s1. The van der Waals surface area contributed by atoms with Crippen molar-refractivity contribution in [2.24, 2.45) is 5.73 Å². The van der Waals surface area contributed by atoms with Gasteiger partial charge in [0.1, 0.15) is 23.1 Å². The van der Waals surface area contributed by atoms with Gasteiger partial charge in [-0.3, -0.25) is 18.8 Å². The maximum atomic E-state index is 12.4. The first-order valence-corrected chi connectivity index (χ1v) is 6.66. The van der Waals surface area contributed by atoms with Crippen molar-refractivity contribution in [1.82, 2.24) is 9.38 Å². The number of pyridine rings is 1. The van der Waals surface area contributed by atoms with E-state index in [9.17, 15) is 14.4 Å². The second-order valence-electron chi connectivity index (χ2n) is 4.95. The number of nitrogens with zero attached hydrogens (tertiary/aromatic N) is 3. The fourth-order valence-corrected chi connectivity index (χ4v) is 2.73. The van der Waals surface area contributed by atoms with Crippen LogP contribution >= 0.6 is 0 Å². The van der Waals surface area contributed by atoms with Crippen molar-refractivity contribution < 1.29 is 9.59 Å². The monoisotopic (exact) mass is 286 g/mol. The molecule has 3 heterocycles. The van der Waals surface area contributed by atoms with E-state index in [1.807, 2.05) is 0 Å². The van der Waals surface area contributed by atoms with Crippen LogP contribution in [0.15, 0.2) is 29.2 Å². The third-order valence-electron chi connectivity index (χ3n) is 3.72. The van der Waals surface area contributed by atoms with Crippen LogP contribution < -0.4 is 16.2 Å². The Labute approximate surface area is 120 Å². The van der Waals surface area contributed by atoms with Gasteiger partial charge in [0.15, 0.2) is 6.29 Å². The number of carbonyl (C=O) groups excluding carboxylic acids is 2. The highest BCUT2D eigenvalue weighted by Crippen LogP contribution is 2.25. The van der Waals surface area contributed by atoms with Gasteiger partial charge >= 0.3 is 0 Å². The average Bonchev–Trinajstić information content (AvgIpc) is 2.96. The molecule has 2 aromatic rings. The highest BCUT2D eigenvalue weighted by atomic mass is 16.2. The molecule has 1 amide bonds. The maximum absolute atomic E-state index is 12.4. The number of amides is 1. The topological polar surface area (TPSA) is 97.8 Å². The lowest BCUT2D eigenvalue weighted by atomic mass is 10.2. The number of hydrogen-bond donors (Lipinski definition) is 1. The summed E-state index contributed by atoms with van der Waals surface area (Å²) in [4.78, 5) is 41.2. The molecule has 0 unspecified atom stereocenters. The minimum atomic E-state index is -0.526. The minimum Gasteiger partial charge on any atom is -0.368 e. The zero-order valence-corrected chi connectivity index (χ0v) is 11.2. The molecule has 0 aromatic carbocycles. The Balaban J connectivity index is 2.24. The predicted molar refractivity (Wildman–Crippen MR) is 76.4 cm³/mol. The fraction of sp³-hybridized carbons (Fsp3) is 0.286. The first-order chi connectivity index (χ1) is 10.1. The molecule has 2 N–H and O–H groups in total. The zero-order valence-electron chi connectivity index (χ0n) is 11.2. The van der Waals surface area contributed by atoms with E-state index in [2.05, 4.69) is 4.98 Å². The highest BCUT2D eigenvalue weighted by Gasteiger charge is 2.32. The van der Waals surface area contributed by atoms with E-state index < -0.39 is 17.5 Å². The summed E-state index contributed by atoms with van der Waals surface area (Å²) in [5.74, 6) is -0.234. The van der Waals surface area contributed by atoms with Crippen LogP contribution in [0.1, 0.15) is 23.2 Å². The molecule has 0 saturated carbocycles. The van der Waals surface area contributed by atoms with Gasteiger partial charge in [0.05, 0.1) is 0 Å². The van der Waals surface area contributed by atoms with Gasteiger partial charge in [0.25, 0.3) is 5.56 Å². The van der Waals surface area contributed by atoms with Crippen LogP contribution in [0.5, 0.6) is 0 Å². The molecule has 1 atom stereocenters. The van der Waals surface area contributed by atoms with Crippen molar-refractivity contribution in [3.05, 3.63) is 40.3 Å². The van der Waals surface area contributed by atoms with Crippen LogP contribution in [0.25, 0.3) is 5.65 Å². The molecule has 0 bridgehead atoms. The number of aromatic nitrogens is 2. The van der Waals surface area contributed by atoms with Crippen molar-refractivity contribution in [3.8, 4) is 0 Å². The van der Waals surface area contributed by atoms with Gasteiger partial charge in [0, 0.05) is 12.7 Å². The lowest BCUT2D eigenvalue weighted by Crippen LogP contribution is -2.42. The SMILES string of the molecule is NC(=O)[C@@H]1CCCN1c1nc2ccccn2c(=O)c1C=O. The third kappa shape index (κ3) is 2.06. The van der Waals surface area contributed by atoms with E-state index in [0.717, 1.165) is 6.42 Å². The molecular weight excluding hydrogens is 272 g/mol. The third-order valence-corrected chi connectivity index (χ3v) is 3.72. The largest absolute Gasteiger partial charge is 0.368 e. The molecule has 0 aliphatic carbocycles. The first-order valence-electron chi connectivity index (χ1n) is 6.66. The number of rotatable bonds is 3.